The largest absolute Gasteiger partial charge is 0.309 e. The predicted molar refractivity (Wildman–Crippen MR) is 140 cm³/mol. The Morgan fingerprint density at radius 2 is 1.27 bits per heavy atom. The van der Waals surface area contributed by atoms with Gasteiger partial charge in [-0.15, -0.1) is 0 Å². The second-order valence-electron chi connectivity index (χ2n) is 8.55. The van der Waals surface area contributed by atoms with Crippen molar-refractivity contribution in [3.05, 3.63) is 120 Å². The van der Waals surface area contributed by atoms with E-state index in [1.807, 2.05) is 0 Å². The van der Waals surface area contributed by atoms with Gasteiger partial charge in [-0.05, 0) is 48.9 Å². The Morgan fingerprint density at radius 3 is 2.12 bits per heavy atom. The van der Waals surface area contributed by atoms with E-state index in [0.29, 0.717) is 0 Å². The number of fused-ring (bicyclic) bond motifs is 6. The van der Waals surface area contributed by atoms with Crippen molar-refractivity contribution in [1.29, 1.82) is 0 Å². The van der Waals surface area contributed by atoms with Crippen LogP contribution < -0.4 is 10.6 Å². The molecule has 4 aromatic carbocycles. The number of benzene rings is 4. The number of para-hydroxylation sites is 3. The molecule has 0 amide bonds. The van der Waals surface area contributed by atoms with Gasteiger partial charge in [0.15, 0.2) is 0 Å². The summed E-state index contributed by atoms with van der Waals surface area (Å²) in [6, 6.07) is 34.9. The van der Waals surface area contributed by atoms with E-state index in [0.717, 1.165) is 6.42 Å². The highest BCUT2D eigenvalue weighted by Gasteiger charge is 2.18. The van der Waals surface area contributed by atoms with Gasteiger partial charge in [0.05, 0.1) is 27.6 Å². The molecule has 0 spiro atoms. The summed E-state index contributed by atoms with van der Waals surface area (Å²) < 4.78 is 4.83. The van der Waals surface area contributed by atoms with E-state index >= 15 is 0 Å². The number of allylic oxidation sites excluding steroid dienone is 2. The molecule has 0 saturated heterocycles. The number of nitrogens with zero attached hydrogens (tertiary/aromatic N) is 2. The first-order valence-electron chi connectivity index (χ1n) is 11.5. The Hall–Kier alpha value is -4.30. The molecule has 2 heterocycles. The SMILES string of the molecule is C1=CCC=c2c(n(-c3cccc4c3c3ccccc3n4-c3ccccc3)c3ccccc23)=C1. The Balaban J connectivity index is 1.70. The van der Waals surface area contributed by atoms with E-state index in [2.05, 4.69) is 131 Å². The van der Waals surface area contributed by atoms with Gasteiger partial charge in [0.25, 0.3) is 0 Å². The summed E-state index contributed by atoms with van der Waals surface area (Å²) in [4.78, 5) is 0. The standard InChI is InChI=1S/C31H22N2/c1-3-12-22(13-4-1)32-28-19-10-8-16-25(28)31-29(32)20-11-21-30(31)33-26-17-6-2-5-14-23(26)24-15-7-9-18-27(24)33/h1-4,6-21H,5H2. The Bertz CT molecular complexity index is 1830. The number of hydrogen-bond donors (Lipinski definition) is 0. The van der Waals surface area contributed by atoms with Gasteiger partial charge in [-0.3, -0.25) is 0 Å². The van der Waals surface area contributed by atoms with Gasteiger partial charge in [-0.1, -0.05) is 78.9 Å². The van der Waals surface area contributed by atoms with Gasteiger partial charge < -0.3 is 9.13 Å². The zero-order chi connectivity index (χ0) is 21.8. The summed E-state index contributed by atoms with van der Waals surface area (Å²) >= 11 is 0. The summed E-state index contributed by atoms with van der Waals surface area (Å²) in [7, 11) is 0. The van der Waals surface area contributed by atoms with Gasteiger partial charge in [-0.25, -0.2) is 0 Å². The number of rotatable bonds is 2. The van der Waals surface area contributed by atoms with Crippen LogP contribution in [0.5, 0.6) is 0 Å². The molecule has 0 atom stereocenters. The van der Waals surface area contributed by atoms with Gasteiger partial charge in [0, 0.05) is 27.1 Å². The molecule has 156 valence electrons. The van der Waals surface area contributed by atoms with Gasteiger partial charge in [0.2, 0.25) is 0 Å². The zero-order valence-corrected chi connectivity index (χ0v) is 18.1. The average Bonchev–Trinajstić information content (AvgIpc) is 3.25. The van der Waals surface area contributed by atoms with Crippen LogP contribution in [0.1, 0.15) is 6.42 Å². The topological polar surface area (TPSA) is 9.86 Å². The lowest BCUT2D eigenvalue weighted by Gasteiger charge is -2.11. The predicted octanol–water partition coefficient (Wildman–Crippen LogP) is 6.25. The zero-order valence-electron chi connectivity index (χ0n) is 18.1. The fourth-order valence-electron chi connectivity index (χ4n) is 5.39. The van der Waals surface area contributed by atoms with Crippen LogP contribution in [0.3, 0.4) is 0 Å². The van der Waals surface area contributed by atoms with Crippen LogP contribution in [-0.4, -0.2) is 9.13 Å². The molecule has 33 heavy (non-hydrogen) atoms. The second kappa shape index (κ2) is 7.11. The quantitative estimate of drug-likeness (QED) is 0.312. The number of aromatic nitrogens is 2. The summed E-state index contributed by atoms with van der Waals surface area (Å²) in [5, 5.41) is 6.42. The van der Waals surface area contributed by atoms with Crippen molar-refractivity contribution in [1.82, 2.24) is 9.13 Å². The highest BCUT2D eigenvalue weighted by atomic mass is 15.0. The fraction of sp³-hybridized carbons (Fsp3) is 0.0323. The fourth-order valence-corrected chi connectivity index (χ4v) is 5.39. The molecule has 1 aliphatic carbocycles. The molecule has 0 saturated carbocycles. The summed E-state index contributed by atoms with van der Waals surface area (Å²) in [6.07, 6.45) is 9.97. The lowest BCUT2D eigenvalue weighted by Crippen LogP contribution is -2.27. The molecule has 0 N–H and O–H groups in total. The van der Waals surface area contributed by atoms with E-state index in [1.54, 1.807) is 0 Å². The van der Waals surface area contributed by atoms with Gasteiger partial charge >= 0.3 is 0 Å². The molecule has 0 bridgehead atoms. The number of hydrogen-bond acceptors (Lipinski definition) is 0. The second-order valence-corrected chi connectivity index (χ2v) is 8.55. The molecule has 0 aliphatic heterocycles. The molecular formula is C31H22N2. The minimum absolute atomic E-state index is 0.953. The van der Waals surface area contributed by atoms with Gasteiger partial charge in [-0.2, -0.15) is 0 Å². The monoisotopic (exact) mass is 422 g/mol. The van der Waals surface area contributed by atoms with Crippen molar-refractivity contribution in [2.45, 2.75) is 6.42 Å². The van der Waals surface area contributed by atoms with E-state index < -0.39 is 0 Å². The van der Waals surface area contributed by atoms with Crippen molar-refractivity contribution in [3.8, 4) is 11.4 Å². The first kappa shape index (κ1) is 18.3. The van der Waals surface area contributed by atoms with Crippen LogP contribution in [0.25, 0.3) is 56.2 Å². The third kappa shape index (κ3) is 2.61. The van der Waals surface area contributed by atoms with Crippen molar-refractivity contribution in [2.24, 2.45) is 0 Å². The maximum Gasteiger partial charge on any atom is 0.0562 e. The normalized spacial score (nSPS) is 13.1. The first-order chi connectivity index (χ1) is 16.4. The summed E-state index contributed by atoms with van der Waals surface area (Å²) in [6.45, 7) is 0. The van der Waals surface area contributed by atoms with Crippen LogP contribution in [0.4, 0.5) is 0 Å². The van der Waals surface area contributed by atoms with E-state index in [1.165, 1.54) is 54.7 Å². The minimum Gasteiger partial charge on any atom is -0.309 e. The highest BCUT2D eigenvalue weighted by Crippen LogP contribution is 2.36. The smallest absolute Gasteiger partial charge is 0.0562 e. The molecule has 0 fully saturated rings. The molecule has 2 aromatic heterocycles. The van der Waals surface area contributed by atoms with Crippen LogP contribution in [0, 0.1) is 0 Å². The average molecular weight is 423 g/mol. The summed E-state index contributed by atoms with van der Waals surface area (Å²) in [5.41, 5.74) is 6.09. The van der Waals surface area contributed by atoms with Crippen molar-refractivity contribution in [2.75, 3.05) is 0 Å². The highest BCUT2D eigenvalue weighted by molar-refractivity contribution is 6.13. The molecular weight excluding hydrogens is 400 g/mol. The molecule has 0 unspecified atom stereocenters. The van der Waals surface area contributed by atoms with Crippen molar-refractivity contribution < 1.29 is 0 Å². The third-order valence-electron chi connectivity index (χ3n) is 6.73. The molecule has 2 nitrogen and oxygen atoms in total. The first-order valence-corrected chi connectivity index (χ1v) is 11.5. The Labute approximate surface area is 191 Å². The van der Waals surface area contributed by atoms with E-state index in [-0.39, 0.29) is 0 Å². The van der Waals surface area contributed by atoms with E-state index in [4.69, 9.17) is 0 Å². The maximum atomic E-state index is 2.45. The lowest BCUT2D eigenvalue weighted by molar-refractivity contribution is 1.08. The third-order valence-corrected chi connectivity index (χ3v) is 6.73. The van der Waals surface area contributed by atoms with Gasteiger partial charge in [0.1, 0.15) is 0 Å². The van der Waals surface area contributed by atoms with Crippen LogP contribution in [0.15, 0.2) is 109 Å². The van der Waals surface area contributed by atoms with Crippen LogP contribution >= 0.6 is 0 Å². The van der Waals surface area contributed by atoms with Crippen LogP contribution in [0.2, 0.25) is 0 Å². The maximum absolute atomic E-state index is 2.45. The van der Waals surface area contributed by atoms with Crippen molar-refractivity contribution >= 4 is 44.9 Å². The molecule has 0 radical (unpaired) electrons. The Kier molecular flexibility index (Phi) is 3.94. The minimum atomic E-state index is 0.953. The molecule has 2 heteroatoms. The Morgan fingerprint density at radius 1 is 0.576 bits per heavy atom. The molecule has 1 aliphatic rings. The molecule has 6 aromatic rings. The van der Waals surface area contributed by atoms with E-state index in [9.17, 15) is 0 Å². The molecule has 7 rings (SSSR count). The van der Waals surface area contributed by atoms with Crippen LogP contribution in [-0.2, 0) is 0 Å². The lowest BCUT2D eigenvalue weighted by atomic mass is 10.1. The summed E-state index contributed by atoms with van der Waals surface area (Å²) in [5.74, 6) is 0. The van der Waals surface area contributed by atoms with Crippen molar-refractivity contribution in [3.63, 3.8) is 0 Å².